The molecule has 0 amide bonds. The molecule has 0 N–H and O–H groups in total. The number of rotatable bonds is 4. The molecule has 1 unspecified atom stereocenters. The Hall–Kier alpha value is -0.0400. The summed E-state index contributed by atoms with van der Waals surface area (Å²) < 4.78 is 0. The minimum Gasteiger partial charge on any atom is -0.300 e. The molecule has 1 atom stereocenters. The van der Waals surface area contributed by atoms with Crippen LogP contribution in [0.1, 0.15) is 33.1 Å². The molecular formula is C7H13ClO. The largest absolute Gasteiger partial charge is 0.300 e. The number of carbonyl (C=O) groups is 1. The second kappa shape index (κ2) is 4.80. The third-order valence-electron chi connectivity index (χ3n) is 1.11. The van der Waals surface area contributed by atoms with Crippen molar-refractivity contribution in [2.45, 2.75) is 38.5 Å². The SMILES string of the molecule is CCCC(Cl)CC(C)=O. The van der Waals surface area contributed by atoms with Crippen molar-refractivity contribution in [1.82, 2.24) is 0 Å². The summed E-state index contributed by atoms with van der Waals surface area (Å²) in [5.74, 6) is 0.184. The van der Waals surface area contributed by atoms with E-state index in [4.69, 9.17) is 11.6 Å². The van der Waals surface area contributed by atoms with Gasteiger partial charge in [0.2, 0.25) is 0 Å². The van der Waals surface area contributed by atoms with E-state index in [9.17, 15) is 4.79 Å². The Morgan fingerprint density at radius 2 is 2.22 bits per heavy atom. The molecule has 0 rings (SSSR count). The van der Waals surface area contributed by atoms with Crippen molar-refractivity contribution >= 4 is 17.4 Å². The molecule has 0 fully saturated rings. The van der Waals surface area contributed by atoms with E-state index in [2.05, 4.69) is 6.92 Å². The van der Waals surface area contributed by atoms with Crippen LogP contribution in [0.15, 0.2) is 0 Å². The minimum absolute atomic E-state index is 0.0625. The Morgan fingerprint density at radius 1 is 1.67 bits per heavy atom. The molecule has 0 bridgehead atoms. The smallest absolute Gasteiger partial charge is 0.131 e. The van der Waals surface area contributed by atoms with Crippen molar-refractivity contribution in [2.75, 3.05) is 0 Å². The number of hydrogen-bond acceptors (Lipinski definition) is 1. The molecular weight excluding hydrogens is 136 g/mol. The highest BCUT2D eigenvalue weighted by molar-refractivity contribution is 6.21. The van der Waals surface area contributed by atoms with Gasteiger partial charge in [0.1, 0.15) is 5.78 Å². The summed E-state index contributed by atoms with van der Waals surface area (Å²) in [6, 6.07) is 0. The van der Waals surface area contributed by atoms with Crippen molar-refractivity contribution in [3.05, 3.63) is 0 Å². The van der Waals surface area contributed by atoms with Gasteiger partial charge in [-0.1, -0.05) is 13.3 Å². The molecule has 0 spiro atoms. The highest BCUT2D eigenvalue weighted by Gasteiger charge is 2.04. The molecule has 54 valence electrons. The molecule has 0 aliphatic rings. The topological polar surface area (TPSA) is 17.1 Å². The summed E-state index contributed by atoms with van der Waals surface area (Å²) in [5, 5.41) is 0.0625. The van der Waals surface area contributed by atoms with Crippen LogP contribution in [0.3, 0.4) is 0 Å². The van der Waals surface area contributed by atoms with Crippen LogP contribution in [0.25, 0.3) is 0 Å². The van der Waals surface area contributed by atoms with Crippen LogP contribution >= 0.6 is 11.6 Å². The normalized spacial score (nSPS) is 13.2. The second-order valence-corrected chi connectivity index (χ2v) is 2.91. The van der Waals surface area contributed by atoms with Crippen LogP contribution < -0.4 is 0 Å². The molecule has 9 heavy (non-hydrogen) atoms. The van der Waals surface area contributed by atoms with Crippen LogP contribution in [-0.2, 0) is 4.79 Å². The zero-order valence-corrected chi connectivity index (χ0v) is 6.74. The van der Waals surface area contributed by atoms with E-state index in [1.54, 1.807) is 6.92 Å². The van der Waals surface area contributed by atoms with Crippen LogP contribution in [0.2, 0.25) is 0 Å². The first-order valence-electron chi connectivity index (χ1n) is 3.30. The number of Topliss-reactive ketones (excluding diaryl/α,β-unsaturated/α-hetero) is 1. The third-order valence-corrected chi connectivity index (χ3v) is 1.48. The predicted octanol–water partition coefficient (Wildman–Crippen LogP) is 2.37. The molecule has 0 saturated heterocycles. The van der Waals surface area contributed by atoms with Crippen molar-refractivity contribution in [3.8, 4) is 0 Å². The van der Waals surface area contributed by atoms with E-state index >= 15 is 0 Å². The Morgan fingerprint density at radius 3 is 2.56 bits per heavy atom. The first kappa shape index (κ1) is 8.96. The van der Waals surface area contributed by atoms with E-state index in [0.717, 1.165) is 12.8 Å². The van der Waals surface area contributed by atoms with Gasteiger partial charge in [0.05, 0.1) is 0 Å². The Labute approximate surface area is 61.4 Å². The van der Waals surface area contributed by atoms with Crippen molar-refractivity contribution in [3.63, 3.8) is 0 Å². The fraction of sp³-hybridized carbons (Fsp3) is 0.857. The predicted molar refractivity (Wildman–Crippen MR) is 39.8 cm³/mol. The standard InChI is InChI=1S/C7H13ClO/c1-3-4-7(8)5-6(2)9/h7H,3-5H2,1-2H3. The molecule has 0 saturated carbocycles. The first-order chi connectivity index (χ1) is 4.16. The van der Waals surface area contributed by atoms with Gasteiger partial charge in [-0.2, -0.15) is 0 Å². The quantitative estimate of drug-likeness (QED) is 0.560. The molecule has 0 aliphatic heterocycles. The molecule has 0 radical (unpaired) electrons. The number of carbonyl (C=O) groups excluding carboxylic acids is 1. The van der Waals surface area contributed by atoms with E-state index < -0.39 is 0 Å². The highest BCUT2D eigenvalue weighted by Crippen LogP contribution is 2.09. The summed E-state index contributed by atoms with van der Waals surface area (Å²) in [4.78, 5) is 10.4. The molecule has 0 aliphatic carbocycles. The lowest BCUT2D eigenvalue weighted by atomic mass is 10.1. The lowest BCUT2D eigenvalue weighted by molar-refractivity contribution is -0.117. The molecule has 0 aromatic carbocycles. The number of halogens is 1. The average molecular weight is 149 g/mol. The van der Waals surface area contributed by atoms with Crippen LogP contribution in [-0.4, -0.2) is 11.2 Å². The van der Waals surface area contributed by atoms with Gasteiger partial charge in [-0.25, -0.2) is 0 Å². The van der Waals surface area contributed by atoms with E-state index in [1.807, 2.05) is 0 Å². The molecule has 0 aromatic heterocycles. The molecule has 0 aromatic rings. The second-order valence-electron chi connectivity index (χ2n) is 2.29. The average Bonchev–Trinajstić information content (AvgIpc) is 1.63. The summed E-state index contributed by atoms with van der Waals surface area (Å²) in [6.07, 6.45) is 2.53. The van der Waals surface area contributed by atoms with Crippen molar-refractivity contribution in [2.24, 2.45) is 0 Å². The Bertz CT molecular complexity index is 90.9. The van der Waals surface area contributed by atoms with Gasteiger partial charge in [0.25, 0.3) is 0 Å². The summed E-state index contributed by atoms with van der Waals surface area (Å²) in [5.41, 5.74) is 0. The maximum Gasteiger partial charge on any atom is 0.131 e. The first-order valence-corrected chi connectivity index (χ1v) is 3.74. The third kappa shape index (κ3) is 5.84. The van der Waals surface area contributed by atoms with Gasteiger partial charge in [-0.3, -0.25) is 4.79 Å². The lowest BCUT2D eigenvalue weighted by Crippen LogP contribution is -2.03. The number of ketones is 1. The summed E-state index contributed by atoms with van der Waals surface area (Å²) in [7, 11) is 0. The fourth-order valence-corrected chi connectivity index (χ4v) is 1.16. The van der Waals surface area contributed by atoms with Gasteiger partial charge in [0.15, 0.2) is 0 Å². The monoisotopic (exact) mass is 148 g/mol. The van der Waals surface area contributed by atoms with Gasteiger partial charge in [-0.05, 0) is 13.3 Å². The minimum atomic E-state index is 0.0625. The van der Waals surface area contributed by atoms with Crippen molar-refractivity contribution in [1.29, 1.82) is 0 Å². The zero-order valence-electron chi connectivity index (χ0n) is 5.98. The van der Waals surface area contributed by atoms with Gasteiger partial charge < -0.3 is 0 Å². The van der Waals surface area contributed by atoms with Gasteiger partial charge in [0, 0.05) is 11.8 Å². The van der Waals surface area contributed by atoms with Crippen LogP contribution in [0, 0.1) is 0 Å². The summed E-state index contributed by atoms with van der Waals surface area (Å²) >= 11 is 5.76. The summed E-state index contributed by atoms with van der Waals surface area (Å²) in [6.45, 7) is 3.64. The van der Waals surface area contributed by atoms with Gasteiger partial charge >= 0.3 is 0 Å². The van der Waals surface area contributed by atoms with Crippen molar-refractivity contribution < 1.29 is 4.79 Å². The van der Waals surface area contributed by atoms with E-state index in [-0.39, 0.29) is 11.2 Å². The fourth-order valence-electron chi connectivity index (χ4n) is 0.727. The van der Waals surface area contributed by atoms with Crippen LogP contribution in [0.4, 0.5) is 0 Å². The van der Waals surface area contributed by atoms with Gasteiger partial charge in [-0.15, -0.1) is 11.6 Å². The number of alkyl halides is 1. The Kier molecular flexibility index (Phi) is 4.78. The lowest BCUT2D eigenvalue weighted by Gasteiger charge is -2.02. The van der Waals surface area contributed by atoms with E-state index in [0.29, 0.717) is 6.42 Å². The maximum atomic E-state index is 10.4. The molecule has 1 nitrogen and oxygen atoms in total. The molecule has 0 heterocycles. The van der Waals surface area contributed by atoms with Crippen LogP contribution in [0.5, 0.6) is 0 Å². The number of hydrogen-bond donors (Lipinski definition) is 0. The Balaban J connectivity index is 3.26. The molecule has 2 heteroatoms. The maximum absolute atomic E-state index is 10.4. The highest BCUT2D eigenvalue weighted by atomic mass is 35.5. The zero-order chi connectivity index (χ0) is 7.28. The van der Waals surface area contributed by atoms with E-state index in [1.165, 1.54) is 0 Å².